The van der Waals surface area contributed by atoms with E-state index in [1.165, 1.54) is 0 Å². The normalized spacial score (nSPS) is 14.2. The van der Waals surface area contributed by atoms with Crippen LogP contribution in [-0.4, -0.2) is 61.5 Å². The number of amides is 1. The van der Waals surface area contributed by atoms with E-state index in [1.807, 2.05) is 23.1 Å². The van der Waals surface area contributed by atoms with Crippen molar-refractivity contribution in [3.63, 3.8) is 0 Å². The van der Waals surface area contributed by atoms with Crippen molar-refractivity contribution in [2.45, 2.75) is 0 Å². The predicted molar refractivity (Wildman–Crippen MR) is 120 cm³/mol. The van der Waals surface area contributed by atoms with Crippen LogP contribution in [-0.2, 0) is 4.79 Å². The highest BCUT2D eigenvalue weighted by Gasteiger charge is 2.21. The number of hydrogen-bond donors (Lipinski definition) is 2. The summed E-state index contributed by atoms with van der Waals surface area (Å²) in [5.74, 6) is -3.56. The van der Waals surface area contributed by atoms with Crippen molar-refractivity contribution in [3.8, 4) is 0 Å². The summed E-state index contributed by atoms with van der Waals surface area (Å²) in [4.78, 5) is 24.7. The monoisotopic (exact) mass is 534 g/mol. The molecule has 1 aromatic carbocycles. The third kappa shape index (κ3) is 5.74. The number of hydrogen-bond acceptors (Lipinski definition) is 4. The molecule has 1 fully saturated rings. The molecular formula is C19H22F3IN6O. The molecular weight excluding hydrogens is 512 g/mol. The molecule has 11 heteroatoms. The summed E-state index contributed by atoms with van der Waals surface area (Å²) in [6.07, 6.45) is 1.75. The molecule has 1 aromatic heterocycles. The Morgan fingerprint density at radius 2 is 1.83 bits per heavy atom. The third-order valence-electron chi connectivity index (χ3n) is 4.48. The van der Waals surface area contributed by atoms with E-state index in [4.69, 9.17) is 0 Å². The summed E-state index contributed by atoms with van der Waals surface area (Å²) in [7, 11) is 1.60. The van der Waals surface area contributed by atoms with Crippen molar-refractivity contribution in [2.75, 3.05) is 50.0 Å². The minimum atomic E-state index is -1.63. The molecule has 0 unspecified atom stereocenters. The second-order valence-electron chi connectivity index (χ2n) is 6.33. The molecule has 0 aliphatic carbocycles. The van der Waals surface area contributed by atoms with Gasteiger partial charge in [0.25, 0.3) is 0 Å². The van der Waals surface area contributed by atoms with Crippen molar-refractivity contribution >= 4 is 47.3 Å². The molecule has 1 saturated heterocycles. The first-order valence-electron chi connectivity index (χ1n) is 9.04. The quantitative estimate of drug-likeness (QED) is 0.273. The van der Waals surface area contributed by atoms with E-state index >= 15 is 0 Å². The van der Waals surface area contributed by atoms with Crippen LogP contribution in [0.3, 0.4) is 0 Å². The molecule has 3 rings (SSSR count). The van der Waals surface area contributed by atoms with Gasteiger partial charge in [0.2, 0.25) is 5.91 Å². The van der Waals surface area contributed by atoms with Gasteiger partial charge < -0.3 is 20.4 Å². The number of benzene rings is 1. The van der Waals surface area contributed by atoms with Crippen LogP contribution >= 0.6 is 24.0 Å². The number of rotatable bonds is 4. The first-order valence-corrected chi connectivity index (χ1v) is 9.04. The Kier molecular flexibility index (Phi) is 8.69. The number of guanidine groups is 1. The average molecular weight is 534 g/mol. The van der Waals surface area contributed by atoms with Crippen molar-refractivity contribution in [3.05, 3.63) is 54.0 Å². The van der Waals surface area contributed by atoms with Crippen molar-refractivity contribution in [1.82, 2.24) is 15.2 Å². The molecule has 2 aromatic rings. The van der Waals surface area contributed by atoms with Crippen LogP contribution in [0.1, 0.15) is 0 Å². The fraction of sp³-hybridized carbons (Fsp3) is 0.316. The van der Waals surface area contributed by atoms with Gasteiger partial charge in [-0.25, -0.2) is 18.2 Å². The zero-order valence-corrected chi connectivity index (χ0v) is 18.6. The Labute approximate surface area is 189 Å². The maximum absolute atomic E-state index is 13.7. The molecule has 2 N–H and O–H groups in total. The smallest absolute Gasteiger partial charge is 0.243 e. The molecule has 162 valence electrons. The largest absolute Gasteiger partial charge is 0.353 e. The summed E-state index contributed by atoms with van der Waals surface area (Å²) >= 11 is 0. The van der Waals surface area contributed by atoms with Crippen LogP contribution in [0.15, 0.2) is 41.5 Å². The molecule has 0 radical (unpaired) electrons. The summed E-state index contributed by atoms with van der Waals surface area (Å²) in [5, 5.41) is 5.11. The highest BCUT2D eigenvalue weighted by atomic mass is 127. The van der Waals surface area contributed by atoms with Gasteiger partial charge in [-0.3, -0.25) is 9.79 Å². The van der Waals surface area contributed by atoms with Gasteiger partial charge in [-0.15, -0.1) is 24.0 Å². The van der Waals surface area contributed by atoms with Crippen LogP contribution in [0.5, 0.6) is 0 Å². The third-order valence-corrected chi connectivity index (χ3v) is 4.48. The van der Waals surface area contributed by atoms with E-state index in [9.17, 15) is 18.0 Å². The zero-order valence-electron chi connectivity index (χ0n) is 16.2. The van der Waals surface area contributed by atoms with Crippen LogP contribution in [0, 0.1) is 17.5 Å². The second kappa shape index (κ2) is 11.0. The van der Waals surface area contributed by atoms with Gasteiger partial charge >= 0.3 is 0 Å². The number of carbonyl (C=O) groups is 1. The summed E-state index contributed by atoms with van der Waals surface area (Å²) in [6, 6.07) is 7.47. The Morgan fingerprint density at radius 3 is 2.47 bits per heavy atom. The van der Waals surface area contributed by atoms with E-state index in [-0.39, 0.29) is 30.5 Å². The topological polar surface area (TPSA) is 72.9 Å². The maximum atomic E-state index is 13.7. The molecule has 0 saturated carbocycles. The van der Waals surface area contributed by atoms with Gasteiger partial charge in [0.1, 0.15) is 5.82 Å². The minimum Gasteiger partial charge on any atom is -0.353 e. The molecule has 7 nitrogen and oxygen atoms in total. The van der Waals surface area contributed by atoms with Crippen LogP contribution in [0.2, 0.25) is 0 Å². The minimum absolute atomic E-state index is 0. The summed E-state index contributed by atoms with van der Waals surface area (Å²) in [6.45, 7) is 2.63. The molecule has 1 amide bonds. The second-order valence-corrected chi connectivity index (χ2v) is 6.33. The number of piperazine rings is 1. The lowest BCUT2D eigenvalue weighted by Crippen LogP contribution is -2.53. The number of pyridine rings is 1. The molecule has 1 aliphatic rings. The van der Waals surface area contributed by atoms with E-state index in [0.717, 1.165) is 31.0 Å². The predicted octanol–water partition coefficient (Wildman–Crippen LogP) is 2.45. The summed E-state index contributed by atoms with van der Waals surface area (Å²) < 4.78 is 39.9. The number of halogens is 4. The fourth-order valence-electron chi connectivity index (χ4n) is 3.00. The van der Waals surface area contributed by atoms with E-state index in [1.54, 1.807) is 13.2 Å². The van der Waals surface area contributed by atoms with Gasteiger partial charge in [0, 0.05) is 39.4 Å². The number of anilines is 2. The molecule has 30 heavy (non-hydrogen) atoms. The number of nitrogens with one attached hydrogen (secondary N) is 2. The number of aliphatic imine (C=N–C) groups is 1. The lowest BCUT2D eigenvalue weighted by Gasteiger charge is -2.37. The highest BCUT2D eigenvalue weighted by Crippen LogP contribution is 2.19. The fourth-order valence-corrected chi connectivity index (χ4v) is 3.00. The van der Waals surface area contributed by atoms with Crippen LogP contribution < -0.4 is 15.5 Å². The lowest BCUT2D eigenvalue weighted by atomic mass is 10.2. The van der Waals surface area contributed by atoms with Crippen molar-refractivity contribution < 1.29 is 18.0 Å². The van der Waals surface area contributed by atoms with Crippen LogP contribution in [0.4, 0.5) is 24.7 Å². The Bertz CT molecular complexity index is 891. The lowest BCUT2D eigenvalue weighted by molar-refractivity contribution is -0.115. The van der Waals surface area contributed by atoms with E-state index < -0.39 is 29.0 Å². The van der Waals surface area contributed by atoms with Gasteiger partial charge in [-0.2, -0.15) is 0 Å². The number of carbonyl (C=O) groups excluding carboxylic acids is 1. The zero-order chi connectivity index (χ0) is 20.8. The number of nitrogens with zero attached hydrogens (tertiary/aromatic N) is 4. The van der Waals surface area contributed by atoms with Gasteiger partial charge in [-0.05, 0) is 24.3 Å². The van der Waals surface area contributed by atoms with Gasteiger partial charge in [0.15, 0.2) is 23.4 Å². The van der Waals surface area contributed by atoms with E-state index in [2.05, 4.69) is 25.5 Å². The molecule has 0 bridgehead atoms. The average Bonchev–Trinajstić information content (AvgIpc) is 2.75. The van der Waals surface area contributed by atoms with Gasteiger partial charge in [-0.1, -0.05) is 6.07 Å². The SMILES string of the molecule is CN=C(NCC(=O)Nc1ccc(F)c(F)c1F)N1CCN(c2ccccn2)CC1.I. The first-order chi connectivity index (χ1) is 14.0. The van der Waals surface area contributed by atoms with Gasteiger partial charge in [0.05, 0.1) is 12.2 Å². The molecule has 0 atom stereocenters. The first kappa shape index (κ1) is 23.7. The maximum Gasteiger partial charge on any atom is 0.243 e. The molecule has 0 spiro atoms. The highest BCUT2D eigenvalue weighted by molar-refractivity contribution is 14.0. The molecule has 1 aliphatic heterocycles. The van der Waals surface area contributed by atoms with Crippen LogP contribution in [0.25, 0.3) is 0 Å². The Morgan fingerprint density at radius 1 is 1.10 bits per heavy atom. The molecule has 2 heterocycles. The summed E-state index contributed by atoms with van der Waals surface area (Å²) in [5.41, 5.74) is -0.422. The van der Waals surface area contributed by atoms with E-state index in [0.29, 0.717) is 19.0 Å². The Hall–Kier alpha value is -2.57. The Balaban J connectivity index is 0.00000320. The number of aromatic nitrogens is 1. The van der Waals surface area contributed by atoms with Crippen molar-refractivity contribution in [1.29, 1.82) is 0 Å². The van der Waals surface area contributed by atoms with Crippen molar-refractivity contribution in [2.24, 2.45) is 4.99 Å². The standard InChI is InChI=1S/C19H21F3N6O.HI/c1-23-19(28-10-8-27(9-11-28)15-4-2-3-7-24-15)25-12-16(29)26-14-6-5-13(20)17(21)18(14)22;/h2-7H,8-12H2,1H3,(H,23,25)(H,26,29);1H.